The number of benzene rings is 2. The van der Waals surface area contributed by atoms with Crippen molar-refractivity contribution in [2.45, 2.75) is 51.6 Å². The van der Waals surface area contributed by atoms with Crippen LogP contribution in [0, 0.1) is 0 Å². The van der Waals surface area contributed by atoms with Crippen molar-refractivity contribution < 1.29 is 23.5 Å². The van der Waals surface area contributed by atoms with Gasteiger partial charge in [-0.05, 0) is 80.7 Å². The second-order valence-corrected chi connectivity index (χ2v) is 11.1. The number of amides is 2. The number of carbonyl (C=O) groups is 2. The zero-order chi connectivity index (χ0) is 28.3. The molecule has 1 heterocycles. The predicted molar refractivity (Wildman–Crippen MR) is 152 cm³/mol. The van der Waals surface area contributed by atoms with Gasteiger partial charge in [0.2, 0.25) is 5.91 Å². The maximum atomic E-state index is 14.1. The first-order chi connectivity index (χ1) is 18.5. The first-order valence-corrected chi connectivity index (χ1v) is 13.3. The van der Waals surface area contributed by atoms with Crippen LogP contribution >= 0.6 is 11.6 Å². The van der Waals surface area contributed by atoms with Crippen LogP contribution in [-0.4, -0.2) is 49.1 Å². The molecule has 2 amide bonds. The second-order valence-electron chi connectivity index (χ2n) is 10.7. The molecular weight excluding hydrogens is 519 g/mol. The normalized spacial score (nSPS) is 17.7. The third-order valence-electron chi connectivity index (χ3n) is 6.74. The summed E-state index contributed by atoms with van der Waals surface area (Å²) in [6, 6.07) is 11.9. The summed E-state index contributed by atoms with van der Waals surface area (Å²) in [6.07, 6.45) is 4.12. The van der Waals surface area contributed by atoms with Crippen molar-refractivity contribution in [3.8, 4) is 11.5 Å². The van der Waals surface area contributed by atoms with Gasteiger partial charge in [0.1, 0.15) is 11.9 Å². The van der Waals surface area contributed by atoms with E-state index in [2.05, 4.69) is 5.32 Å². The van der Waals surface area contributed by atoms with Crippen molar-refractivity contribution in [2.24, 2.45) is 0 Å². The first-order valence-electron chi connectivity index (χ1n) is 12.9. The Hall–Kier alpha value is -3.58. The summed E-state index contributed by atoms with van der Waals surface area (Å²) < 4.78 is 24.7. The molecule has 1 aliphatic heterocycles. The highest BCUT2D eigenvalue weighted by molar-refractivity contribution is 6.30. The van der Waals surface area contributed by atoms with E-state index in [1.807, 2.05) is 51.1 Å². The topological polar surface area (TPSA) is 67.9 Å². The highest BCUT2D eigenvalue weighted by Crippen LogP contribution is 2.41. The molecule has 1 atom stereocenters. The van der Waals surface area contributed by atoms with Gasteiger partial charge in [0, 0.05) is 34.7 Å². The quantitative estimate of drug-likeness (QED) is 0.433. The Labute approximate surface area is 234 Å². The van der Waals surface area contributed by atoms with E-state index in [0.717, 1.165) is 11.1 Å². The smallest absolute Gasteiger partial charge is 0.255 e. The van der Waals surface area contributed by atoms with Gasteiger partial charge < -0.3 is 19.7 Å². The van der Waals surface area contributed by atoms with Crippen molar-refractivity contribution in [1.29, 1.82) is 0 Å². The van der Waals surface area contributed by atoms with E-state index in [9.17, 15) is 14.0 Å². The largest absolute Gasteiger partial charge is 0.493 e. The number of nitrogens with one attached hydrogen (secondary N) is 1. The van der Waals surface area contributed by atoms with Gasteiger partial charge in [-0.15, -0.1) is 0 Å². The van der Waals surface area contributed by atoms with Gasteiger partial charge in [-0.3, -0.25) is 9.59 Å². The number of allylic oxidation sites excluding steroid dienone is 3. The maximum Gasteiger partial charge on any atom is 0.255 e. The third-order valence-corrected chi connectivity index (χ3v) is 6.99. The van der Waals surface area contributed by atoms with E-state index in [-0.39, 0.29) is 30.6 Å². The number of hydrogen-bond donors (Lipinski definition) is 1. The molecule has 6 nitrogen and oxygen atoms in total. The Balaban J connectivity index is 1.79. The second kappa shape index (κ2) is 11.7. The molecule has 0 bridgehead atoms. The van der Waals surface area contributed by atoms with Crippen LogP contribution in [0.25, 0.3) is 5.57 Å². The summed E-state index contributed by atoms with van der Waals surface area (Å²) in [4.78, 5) is 29.6. The summed E-state index contributed by atoms with van der Waals surface area (Å²) in [5, 5.41) is 3.61. The van der Waals surface area contributed by atoms with Gasteiger partial charge >= 0.3 is 0 Å². The van der Waals surface area contributed by atoms with Crippen molar-refractivity contribution in [1.82, 2.24) is 10.2 Å². The molecule has 0 fully saturated rings. The minimum Gasteiger partial charge on any atom is -0.493 e. The molecule has 206 valence electrons. The molecule has 4 rings (SSSR count). The predicted octanol–water partition coefficient (Wildman–Crippen LogP) is 6.05. The van der Waals surface area contributed by atoms with E-state index in [4.69, 9.17) is 21.1 Å². The molecule has 0 radical (unpaired) electrons. The minimum atomic E-state index is -0.871. The molecule has 0 saturated heterocycles. The summed E-state index contributed by atoms with van der Waals surface area (Å²) in [6.45, 7) is 5.99. The zero-order valence-corrected chi connectivity index (χ0v) is 23.7. The van der Waals surface area contributed by atoms with E-state index < -0.39 is 11.6 Å². The molecule has 2 aliphatic rings. The van der Waals surface area contributed by atoms with Gasteiger partial charge in [-0.2, -0.15) is 0 Å². The van der Waals surface area contributed by atoms with Crippen molar-refractivity contribution in [3.05, 3.63) is 87.7 Å². The molecule has 8 heteroatoms. The van der Waals surface area contributed by atoms with E-state index in [0.29, 0.717) is 46.1 Å². The lowest BCUT2D eigenvalue weighted by Crippen LogP contribution is -2.52. The highest BCUT2D eigenvalue weighted by atomic mass is 35.5. The van der Waals surface area contributed by atoms with Crippen LogP contribution in [0.3, 0.4) is 0 Å². The molecule has 0 saturated carbocycles. The fourth-order valence-corrected chi connectivity index (χ4v) is 5.08. The molecular formula is C31H34ClFN2O4. The number of nitrogens with zero attached hydrogens (tertiary/aromatic N) is 1. The lowest BCUT2D eigenvalue weighted by molar-refractivity contribution is -0.134. The SMILES string of the molecule is COc1ccc(CCN2C(=O)C(C3=CC=C(F)CC3)=C(c3ccc(Cl)cc3)C2C(=O)NC(C)(C)C)cc1OC. The monoisotopic (exact) mass is 552 g/mol. The zero-order valence-electron chi connectivity index (χ0n) is 22.9. The molecule has 1 aliphatic carbocycles. The molecule has 1 N–H and O–H groups in total. The Morgan fingerprint density at radius 2 is 1.74 bits per heavy atom. The van der Waals surface area contributed by atoms with Gasteiger partial charge in [-0.1, -0.05) is 35.9 Å². The van der Waals surface area contributed by atoms with Crippen LogP contribution in [0.1, 0.15) is 44.7 Å². The number of ether oxygens (including phenoxy) is 2. The van der Waals surface area contributed by atoms with Gasteiger partial charge in [0.15, 0.2) is 11.5 Å². The van der Waals surface area contributed by atoms with Gasteiger partial charge in [0.05, 0.1) is 14.2 Å². The summed E-state index contributed by atoms with van der Waals surface area (Å²) >= 11 is 6.17. The van der Waals surface area contributed by atoms with E-state index >= 15 is 0 Å². The Morgan fingerprint density at radius 3 is 2.33 bits per heavy atom. The summed E-state index contributed by atoms with van der Waals surface area (Å²) in [7, 11) is 3.15. The van der Waals surface area contributed by atoms with Crippen molar-refractivity contribution >= 4 is 29.0 Å². The lowest BCUT2D eigenvalue weighted by atomic mass is 9.88. The van der Waals surface area contributed by atoms with Crippen LogP contribution in [-0.2, 0) is 16.0 Å². The standard InChI is InChI=1S/C31H34ClFN2O4/c1-31(2,3)34-29(36)28-26(20-7-11-22(32)12-8-20)27(21-9-13-23(33)14-10-21)30(37)35(28)17-16-19-6-15-24(38-4)25(18-19)39-5/h6-9,11-13,15,18,28H,10,14,16-17H2,1-5H3,(H,34,36). The van der Waals surface area contributed by atoms with E-state index in [1.54, 1.807) is 37.3 Å². The lowest BCUT2D eigenvalue weighted by Gasteiger charge is -2.30. The maximum absolute atomic E-state index is 14.1. The fraction of sp³-hybridized carbons (Fsp3) is 0.355. The number of carbonyl (C=O) groups excluding carboxylic acids is 2. The average molecular weight is 553 g/mol. The van der Waals surface area contributed by atoms with Crippen molar-refractivity contribution in [2.75, 3.05) is 20.8 Å². The summed E-state index contributed by atoms with van der Waals surface area (Å²) in [5.41, 5.74) is 2.91. The first kappa shape index (κ1) is 28.4. The Bertz CT molecular complexity index is 1360. The van der Waals surface area contributed by atoms with Crippen LogP contribution in [0.2, 0.25) is 5.02 Å². The van der Waals surface area contributed by atoms with Gasteiger partial charge in [-0.25, -0.2) is 4.39 Å². The molecule has 2 aromatic rings. The number of hydrogen-bond acceptors (Lipinski definition) is 4. The summed E-state index contributed by atoms with van der Waals surface area (Å²) in [5.74, 6) is 0.439. The van der Waals surface area contributed by atoms with Crippen LogP contribution < -0.4 is 14.8 Å². The number of methoxy groups -OCH3 is 2. The molecule has 2 aromatic carbocycles. The number of halogens is 2. The molecule has 0 spiro atoms. The Kier molecular flexibility index (Phi) is 8.50. The van der Waals surface area contributed by atoms with Crippen LogP contribution in [0.4, 0.5) is 4.39 Å². The van der Waals surface area contributed by atoms with Gasteiger partial charge in [0.25, 0.3) is 5.91 Å². The molecule has 0 aromatic heterocycles. The average Bonchev–Trinajstić information content (AvgIpc) is 3.19. The minimum absolute atomic E-state index is 0.209. The molecule has 39 heavy (non-hydrogen) atoms. The van der Waals surface area contributed by atoms with Crippen molar-refractivity contribution in [3.63, 3.8) is 0 Å². The van der Waals surface area contributed by atoms with Crippen LogP contribution in [0.5, 0.6) is 11.5 Å². The Morgan fingerprint density at radius 1 is 1.05 bits per heavy atom. The highest BCUT2D eigenvalue weighted by Gasteiger charge is 2.45. The fourth-order valence-electron chi connectivity index (χ4n) is 4.96. The third kappa shape index (κ3) is 6.36. The number of rotatable bonds is 8. The molecule has 1 unspecified atom stereocenters. The van der Waals surface area contributed by atoms with E-state index in [1.165, 1.54) is 6.08 Å². The van der Waals surface area contributed by atoms with Crippen LogP contribution in [0.15, 0.2) is 71.6 Å².